The average molecular weight is 500 g/mol. The van der Waals surface area contributed by atoms with Crippen molar-refractivity contribution in [3.8, 4) is 17.5 Å². The summed E-state index contributed by atoms with van der Waals surface area (Å²) in [5, 5.41) is 21.8. The standard InChI is InChI=1S/C28H26ClN5O2/c1-19-4-6-20(7-5-19)27(35)26-25(18-30)28(34(33-26)23-12-8-21(29)9-13-23)32-17-3-16-31-22-10-14-24(36-2)15-11-22/h4-15,31-32H,3,16-17H2,1-2H3. The van der Waals surface area contributed by atoms with Crippen LogP contribution >= 0.6 is 11.6 Å². The van der Waals surface area contributed by atoms with Crippen LogP contribution in [0, 0.1) is 18.3 Å². The second-order valence-electron chi connectivity index (χ2n) is 8.20. The van der Waals surface area contributed by atoms with Crippen molar-refractivity contribution in [3.05, 3.63) is 100 Å². The van der Waals surface area contributed by atoms with Crippen LogP contribution in [-0.4, -0.2) is 35.8 Å². The molecule has 0 aliphatic rings. The smallest absolute Gasteiger partial charge is 0.214 e. The molecule has 1 aromatic heterocycles. The van der Waals surface area contributed by atoms with Gasteiger partial charge in [0.05, 0.1) is 12.8 Å². The number of ketones is 1. The lowest BCUT2D eigenvalue weighted by Crippen LogP contribution is -2.12. The summed E-state index contributed by atoms with van der Waals surface area (Å²) in [5.74, 6) is 0.973. The van der Waals surface area contributed by atoms with Gasteiger partial charge in [-0.25, -0.2) is 4.68 Å². The van der Waals surface area contributed by atoms with Crippen LogP contribution in [0.2, 0.25) is 5.02 Å². The Balaban J connectivity index is 1.55. The van der Waals surface area contributed by atoms with Crippen LogP contribution in [0.25, 0.3) is 5.69 Å². The lowest BCUT2D eigenvalue weighted by atomic mass is 10.0. The molecule has 4 aromatic rings. The maximum Gasteiger partial charge on any atom is 0.214 e. The number of nitrogens with one attached hydrogen (secondary N) is 2. The van der Waals surface area contributed by atoms with E-state index in [1.165, 1.54) is 0 Å². The molecule has 0 saturated heterocycles. The SMILES string of the molecule is COc1ccc(NCCCNc2c(C#N)c(C(=O)c3ccc(C)cc3)nn2-c2ccc(Cl)cc2)cc1. The van der Waals surface area contributed by atoms with Crippen molar-refractivity contribution in [2.24, 2.45) is 0 Å². The van der Waals surface area contributed by atoms with E-state index in [-0.39, 0.29) is 17.0 Å². The third-order valence-electron chi connectivity index (χ3n) is 5.66. The number of methoxy groups -OCH3 is 1. The lowest BCUT2D eigenvalue weighted by Gasteiger charge is -2.11. The highest BCUT2D eigenvalue weighted by Crippen LogP contribution is 2.26. The van der Waals surface area contributed by atoms with Gasteiger partial charge in [0, 0.05) is 29.4 Å². The number of carbonyl (C=O) groups is 1. The number of halogens is 1. The normalized spacial score (nSPS) is 10.5. The predicted molar refractivity (Wildman–Crippen MR) is 142 cm³/mol. The number of rotatable bonds is 10. The second-order valence-corrected chi connectivity index (χ2v) is 8.64. The molecule has 8 heteroatoms. The van der Waals surface area contributed by atoms with E-state index in [2.05, 4.69) is 21.8 Å². The third kappa shape index (κ3) is 5.68. The zero-order chi connectivity index (χ0) is 25.5. The molecule has 0 fully saturated rings. The first kappa shape index (κ1) is 24.8. The Bertz CT molecular complexity index is 1370. The van der Waals surface area contributed by atoms with Crippen LogP contribution in [0.15, 0.2) is 72.8 Å². The second kappa shape index (κ2) is 11.4. The van der Waals surface area contributed by atoms with Gasteiger partial charge in [0.25, 0.3) is 0 Å². The lowest BCUT2D eigenvalue weighted by molar-refractivity contribution is 0.103. The van der Waals surface area contributed by atoms with Gasteiger partial charge >= 0.3 is 0 Å². The van der Waals surface area contributed by atoms with Gasteiger partial charge in [-0.1, -0.05) is 41.4 Å². The number of aromatic nitrogens is 2. The molecular weight excluding hydrogens is 474 g/mol. The van der Waals surface area contributed by atoms with E-state index in [4.69, 9.17) is 16.3 Å². The van der Waals surface area contributed by atoms with Crippen LogP contribution in [0.3, 0.4) is 0 Å². The van der Waals surface area contributed by atoms with Crippen molar-refractivity contribution in [3.63, 3.8) is 0 Å². The zero-order valence-corrected chi connectivity index (χ0v) is 20.8. The van der Waals surface area contributed by atoms with E-state index >= 15 is 0 Å². The van der Waals surface area contributed by atoms with Gasteiger partial charge in [0.15, 0.2) is 5.69 Å². The molecule has 7 nitrogen and oxygen atoms in total. The minimum absolute atomic E-state index is 0.107. The summed E-state index contributed by atoms with van der Waals surface area (Å²) in [6.45, 7) is 3.23. The molecule has 2 N–H and O–H groups in total. The number of anilines is 2. The van der Waals surface area contributed by atoms with Crippen molar-refractivity contribution in [2.45, 2.75) is 13.3 Å². The van der Waals surface area contributed by atoms with Crippen molar-refractivity contribution in [2.75, 3.05) is 30.8 Å². The number of aryl methyl sites for hydroxylation is 1. The van der Waals surface area contributed by atoms with Gasteiger partial charge in [0.2, 0.25) is 5.78 Å². The highest BCUT2D eigenvalue weighted by Gasteiger charge is 2.25. The van der Waals surface area contributed by atoms with Crippen molar-refractivity contribution in [1.82, 2.24) is 9.78 Å². The summed E-state index contributed by atoms with van der Waals surface area (Å²) in [6, 6.07) is 24.2. The van der Waals surface area contributed by atoms with Gasteiger partial charge < -0.3 is 15.4 Å². The van der Waals surface area contributed by atoms with Gasteiger partial charge in [-0.15, -0.1) is 0 Å². The molecule has 0 aliphatic heterocycles. The van der Waals surface area contributed by atoms with Crippen LogP contribution < -0.4 is 15.4 Å². The number of ether oxygens (including phenoxy) is 1. The molecule has 3 aromatic carbocycles. The largest absolute Gasteiger partial charge is 0.497 e. The number of carbonyl (C=O) groups excluding carboxylic acids is 1. The number of hydrogen-bond acceptors (Lipinski definition) is 6. The molecule has 182 valence electrons. The van der Waals surface area contributed by atoms with E-state index in [0.717, 1.165) is 23.4 Å². The molecule has 4 rings (SSSR count). The molecule has 36 heavy (non-hydrogen) atoms. The Labute approximate surface area is 215 Å². The number of hydrogen-bond donors (Lipinski definition) is 2. The molecule has 0 atom stereocenters. The molecule has 1 heterocycles. The third-order valence-corrected chi connectivity index (χ3v) is 5.91. The summed E-state index contributed by atoms with van der Waals surface area (Å²) < 4.78 is 6.78. The van der Waals surface area contributed by atoms with Gasteiger partial charge in [-0.05, 0) is 61.9 Å². The molecule has 0 unspecified atom stereocenters. The summed E-state index contributed by atoms with van der Waals surface area (Å²) >= 11 is 6.07. The molecule has 0 radical (unpaired) electrons. The molecule has 0 aliphatic carbocycles. The van der Waals surface area contributed by atoms with Gasteiger partial charge in [-0.2, -0.15) is 10.4 Å². The monoisotopic (exact) mass is 499 g/mol. The summed E-state index contributed by atoms with van der Waals surface area (Å²) in [6.07, 6.45) is 0.768. The number of nitrogens with zero attached hydrogens (tertiary/aromatic N) is 3. The van der Waals surface area contributed by atoms with E-state index in [1.54, 1.807) is 48.2 Å². The molecule has 0 saturated carbocycles. The van der Waals surface area contributed by atoms with Crippen LogP contribution in [0.4, 0.5) is 11.5 Å². The average Bonchev–Trinajstić information content (AvgIpc) is 3.27. The van der Waals surface area contributed by atoms with Crippen molar-refractivity contribution in [1.29, 1.82) is 5.26 Å². The van der Waals surface area contributed by atoms with Crippen molar-refractivity contribution < 1.29 is 9.53 Å². The number of benzene rings is 3. The maximum absolute atomic E-state index is 13.3. The van der Waals surface area contributed by atoms with Crippen molar-refractivity contribution >= 4 is 28.9 Å². The Hall–Kier alpha value is -4.28. The topological polar surface area (TPSA) is 92.0 Å². The van der Waals surface area contributed by atoms with E-state index in [9.17, 15) is 10.1 Å². The predicted octanol–water partition coefficient (Wildman–Crippen LogP) is 5.86. The highest BCUT2D eigenvalue weighted by atomic mass is 35.5. The fourth-order valence-corrected chi connectivity index (χ4v) is 3.82. The minimum atomic E-state index is -0.302. The highest BCUT2D eigenvalue weighted by molar-refractivity contribution is 6.30. The van der Waals surface area contributed by atoms with Crippen LogP contribution in [0.1, 0.15) is 33.6 Å². The zero-order valence-electron chi connectivity index (χ0n) is 20.1. The summed E-state index contributed by atoms with van der Waals surface area (Å²) in [4.78, 5) is 13.3. The Morgan fingerprint density at radius 1 is 1.00 bits per heavy atom. The van der Waals surface area contributed by atoms with Gasteiger partial charge in [0.1, 0.15) is 23.2 Å². The summed E-state index contributed by atoms with van der Waals surface area (Å²) in [5.41, 5.74) is 3.52. The van der Waals surface area contributed by atoms with E-state index < -0.39 is 0 Å². The van der Waals surface area contributed by atoms with E-state index in [0.29, 0.717) is 35.2 Å². The first-order valence-electron chi connectivity index (χ1n) is 11.5. The number of nitriles is 1. The Morgan fingerprint density at radius 3 is 2.31 bits per heavy atom. The Morgan fingerprint density at radius 2 is 1.67 bits per heavy atom. The van der Waals surface area contributed by atoms with Crippen LogP contribution in [0.5, 0.6) is 5.75 Å². The maximum atomic E-state index is 13.3. The first-order valence-corrected chi connectivity index (χ1v) is 11.9. The fourth-order valence-electron chi connectivity index (χ4n) is 3.69. The molecular formula is C28H26ClN5O2. The quantitative estimate of drug-likeness (QED) is 0.210. The fraction of sp³-hybridized carbons (Fsp3) is 0.179. The van der Waals surface area contributed by atoms with Crippen LogP contribution in [-0.2, 0) is 0 Å². The first-order chi connectivity index (χ1) is 17.5. The Kier molecular flexibility index (Phi) is 7.89. The molecule has 0 amide bonds. The minimum Gasteiger partial charge on any atom is -0.497 e. The molecule has 0 spiro atoms. The molecule has 0 bridgehead atoms. The van der Waals surface area contributed by atoms with Gasteiger partial charge in [-0.3, -0.25) is 4.79 Å². The van der Waals surface area contributed by atoms with E-state index in [1.807, 2.05) is 43.3 Å². The summed E-state index contributed by atoms with van der Waals surface area (Å²) in [7, 11) is 1.64.